The third-order valence-electron chi connectivity index (χ3n) is 4.44. The molecule has 0 aliphatic heterocycles. The molecular weight excluding hydrogens is 401 g/mol. The van der Waals surface area contributed by atoms with Crippen LogP contribution >= 0.6 is 0 Å². The third-order valence-corrected chi connectivity index (χ3v) is 4.44. The minimum absolute atomic E-state index is 0.0763. The topological polar surface area (TPSA) is 79.8 Å². The normalized spacial score (nSPS) is 13.4. The number of aliphatic hydroxyl groups excluding tert-OH is 1. The minimum Gasteiger partial charge on any atom is -0.493 e. The predicted octanol–water partition coefficient (Wildman–Crippen LogP) is 2.88. The average Bonchev–Trinajstić information content (AvgIpc) is 2.71. The number of amides is 1. The van der Waals surface area contributed by atoms with Crippen molar-refractivity contribution in [2.24, 2.45) is 0 Å². The molecule has 0 saturated heterocycles. The van der Waals surface area contributed by atoms with Gasteiger partial charge in [-0.15, -0.1) is 0 Å². The molecule has 6 nitrogen and oxygen atoms in total. The fraction of sp³-hybridized carbons (Fsp3) is 0.381. The van der Waals surface area contributed by atoms with Gasteiger partial charge in [0.1, 0.15) is 12.6 Å². The molecule has 0 fully saturated rings. The molecule has 0 spiro atoms. The number of alkyl halides is 3. The van der Waals surface area contributed by atoms with E-state index in [0.29, 0.717) is 23.6 Å². The van der Waals surface area contributed by atoms with Crippen LogP contribution in [0.4, 0.5) is 13.2 Å². The summed E-state index contributed by atoms with van der Waals surface area (Å²) in [6, 6.07) is 9.14. The molecule has 0 heterocycles. The third kappa shape index (κ3) is 6.36. The molecule has 2 aromatic rings. The smallest absolute Gasteiger partial charge is 0.416 e. The quantitative estimate of drug-likeness (QED) is 0.575. The highest BCUT2D eigenvalue weighted by atomic mass is 19.4. The van der Waals surface area contributed by atoms with Gasteiger partial charge in [-0.1, -0.05) is 18.2 Å². The fourth-order valence-electron chi connectivity index (χ4n) is 2.76. The van der Waals surface area contributed by atoms with Crippen molar-refractivity contribution in [3.63, 3.8) is 0 Å². The van der Waals surface area contributed by atoms with E-state index < -0.39 is 23.9 Å². The van der Waals surface area contributed by atoms with Crippen LogP contribution in [0.2, 0.25) is 0 Å². The molecular formula is C21H25F3N2O4. The van der Waals surface area contributed by atoms with Crippen molar-refractivity contribution in [2.75, 3.05) is 14.2 Å². The number of likely N-dealkylation sites (N-methyl/N-ethyl adjacent to an activating group) is 1. The summed E-state index contributed by atoms with van der Waals surface area (Å²) in [6.45, 7) is 1.90. The van der Waals surface area contributed by atoms with Crippen LogP contribution in [0.3, 0.4) is 0 Å². The zero-order valence-electron chi connectivity index (χ0n) is 16.9. The second-order valence-corrected chi connectivity index (χ2v) is 6.68. The Hall–Kier alpha value is -2.78. The molecule has 0 aliphatic carbocycles. The SMILES string of the molecule is CNC(=O)C(NCc1ccc(OCc2ccc(C(F)(F)F)cc2)c(OC)c1)C(C)O. The first-order chi connectivity index (χ1) is 14.2. The van der Waals surface area contributed by atoms with Crippen LogP contribution in [0, 0.1) is 0 Å². The van der Waals surface area contributed by atoms with E-state index in [2.05, 4.69) is 10.6 Å². The lowest BCUT2D eigenvalue weighted by Crippen LogP contribution is -2.49. The first-order valence-electron chi connectivity index (χ1n) is 9.24. The molecule has 0 radical (unpaired) electrons. The van der Waals surface area contributed by atoms with Crippen LogP contribution in [0.1, 0.15) is 23.6 Å². The van der Waals surface area contributed by atoms with Gasteiger partial charge in [0.25, 0.3) is 0 Å². The monoisotopic (exact) mass is 426 g/mol. The Labute approximate surface area is 173 Å². The van der Waals surface area contributed by atoms with Gasteiger partial charge < -0.3 is 19.9 Å². The first kappa shape index (κ1) is 23.5. The van der Waals surface area contributed by atoms with Crippen LogP contribution < -0.4 is 20.1 Å². The lowest BCUT2D eigenvalue weighted by Gasteiger charge is -2.20. The zero-order valence-corrected chi connectivity index (χ0v) is 16.9. The highest BCUT2D eigenvalue weighted by Crippen LogP contribution is 2.31. The molecule has 0 bridgehead atoms. The second-order valence-electron chi connectivity index (χ2n) is 6.68. The molecule has 30 heavy (non-hydrogen) atoms. The number of methoxy groups -OCH3 is 1. The lowest BCUT2D eigenvalue weighted by atomic mass is 10.1. The van der Waals surface area contributed by atoms with Gasteiger partial charge in [0.15, 0.2) is 11.5 Å². The standard InChI is InChI=1S/C21H25F3N2O4/c1-13(27)19(20(28)25-2)26-11-15-6-9-17(18(10-15)29-3)30-12-14-4-7-16(8-5-14)21(22,23)24/h4-10,13,19,26-27H,11-12H2,1-3H3,(H,25,28). The van der Waals surface area contributed by atoms with Gasteiger partial charge in [-0.25, -0.2) is 0 Å². The van der Waals surface area contributed by atoms with E-state index in [0.717, 1.165) is 17.7 Å². The molecule has 2 unspecified atom stereocenters. The Morgan fingerprint density at radius 2 is 1.73 bits per heavy atom. The van der Waals surface area contributed by atoms with Crippen molar-refractivity contribution in [1.82, 2.24) is 10.6 Å². The molecule has 164 valence electrons. The molecule has 0 aromatic heterocycles. The van der Waals surface area contributed by atoms with Gasteiger partial charge in [0.05, 0.1) is 18.8 Å². The van der Waals surface area contributed by atoms with E-state index >= 15 is 0 Å². The zero-order chi connectivity index (χ0) is 22.3. The fourth-order valence-corrected chi connectivity index (χ4v) is 2.76. The number of carbonyl (C=O) groups is 1. The van der Waals surface area contributed by atoms with Crippen molar-refractivity contribution >= 4 is 5.91 Å². The number of benzene rings is 2. The summed E-state index contributed by atoms with van der Waals surface area (Å²) in [4.78, 5) is 11.8. The number of hydrogen-bond donors (Lipinski definition) is 3. The average molecular weight is 426 g/mol. The van der Waals surface area contributed by atoms with Crippen LogP contribution in [-0.4, -0.2) is 37.3 Å². The number of nitrogens with one attached hydrogen (secondary N) is 2. The van der Waals surface area contributed by atoms with Crippen molar-refractivity contribution in [3.05, 3.63) is 59.2 Å². The number of ether oxygens (including phenoxy) is 2. The maximum absolute atomic E-state index is 12.6. The predicted molar refractivity (Wildman–Crippen MR) is 105 cm³/mol. The van der Waals surface area contributed by atoms with Gasteiger partial charge in [-0.05, 0) is 42.3 Å². The first-order valence-corrected chi connectivity index (χ1v) is 9.24. The molecule has 0 saturated carbocycles. The van der Waals surface area contributed by atoms with Gasteiger partial charge in [-0.2, -0.15) is 13.2 Å². The number of halogens is 3. The van der Waals surface area contributed by atoms with E-state index in [-0.39, 0.29) is 12.5 Å². The molecule has 1 amide bonds. The summed E-state index contributed by atoms with van der Waals surface area (Å²) in [6.07, 6.45) is -5.25. The van der Waals surface area contributed by atoms with Crippen LogP contribution in [0.25, 0.3) is 0 Å². The maximum Gasteiger partial charge on any atom is 0.416 e. The Balaban J connectivity index is 2.02. The molecule has 2 rings (SSSR count). The maximum atomic E-state index is 12.6. The largest absolute Gasteiger partial charge is 0.493 e. The highest BCUT2D eigenvalue weighted by molar-refractivity contribution is 5.82. The lowest BCUT2D eigenvalue weighted by molar-refractivity contribution is -0.137. The number of hydrogen-bond acceptors (Lipinski definition) is 5. The summed E-state index contributed by atoms with van der Waals surface area (Å²) >= 11 is 0. The van der Waals surface area contributed by atoms with Crippen molar-refractivity contribution in [1.29, 1.82) is 0 Å². The van der Waals surface area contributed by atoms with Crippen molar-refractivity contribution < 1.29 is 32.5 Å². The molecule has 9 heteroatoms. The van der Waals surface area contributed by atoms with Crippen molar-refractivity contribution in [2.45, 2.75) is 38.4 Å². The summed E-state index contributed by atoms with van der Waals surface area (Å²) in [5, 5.41) is 15.2. The number of aliphatic hydroxyl groups is 1. The van der Waals surface area contributed by atoms with E-state index in [4.69, 9.17) is 9.47 Å². The van der Waals surface area contributed by atoms with E-state index in [1.807, 2.05) is 0 Å². The van der Waals surface area contributed by atoms with Gasteiger partial charge in [-0.3, -0.25) is 10.1 Å². The van der Waals surface area contributed by atoms with E-state index in [9.17, 15) is 23.1 Å². The van der Waals surface area contributed by atoms with Crippen molar-refractivity contribution in [3.8, 4) is 11.5 Å². The second kappa shape index (κ2) is 10.3. The minimum atomic E-state index is -4.38. The van der Waals surface area contributed by atoms with Gasteiger partial charge in [0.2, 0.25) is 5.91 Å². The summed E-state index contributed by atoms with van der Waals surface area (Å²) < 4.78 is 48.9. The summed E-state index contributed by atoms with van der Waals surface area (Å²) in [5.74, 6) is 0.544. The molecule has 0 aliphatic rings. The van der Waals surface area contributed by atoms with Crippen LogP contribution in [0.15, 0.2) is 42.5 Å². The van der Waals surface area contributed by atoms with Crippen LogP contribution in [-0.2, 0) is 24.1 Å². The number of carbonyl (C=O) groups excluding carboxylic acids is 1. The Morgan fingerprint density at radius 3 is 2.27 bits per heavy atom. The van der Waals surface area contributed by atoms with E-state index in [1.165, 1.54) is 33.2 Å². The molecule has 2 aromatic carbocycles. The van der Waals surface area contributed by atoms with Gasteiger partial charge >= 0.3 is 6.18 Å². The molecule has 3 N–H and O–H groups in total. The Kier molecular flexibility index (Phi) is 8.08. The van der Waals surface area contributed by atoms with Crippen LogP contribution in [0.5, 0.6) is 11.5 Å². The van der Waals surface area contributed by atoms with E-state index in [1.54, 1.807) is 18.2 Å². The van der Waals surface area contributed by atoms with Gasteiger partial charge in [0, 0.05) is 13.6 Å². The summed E-state index contributed by atoms with van der Waals surface area (Å²) in [5.41, 5.74) is 0.664. The Bertz CT molecular complexity index is 839. The Morgan fingerprint density at radius 1 is 1.10 bits per heavy atom. The number of rotatable bonds is 9. The molecule has 2 atom stereocenters. The highest BCUT2D eigenvalue weighted by Gasteiger charge is 2.30. The summed E-state index contributed by atoms with van der Waals surface area (Å²) in [7, 11) is 2.96.